The molecule has 0 heterocycles. The van der Waals surface area contributed by atoms with Crippen LogP contribution in [0.2, 0.25) is 0 Å². The first-order chi connectivity index (χ1) is 9.86. The van der Waals surface area contributed by atoms with Crippen LogP contribution in [-0.4, -0.2) is 6.54 Å². The number of alkyl halides is 3. The van der Waals surface area contributed by atoms with Crippen molar-refractivity contribution >= 4 is 5.69 Å². The summed E-state index contributed by atoms with van der Waals surface area (Å²) < 4.78 is 62.8. The highest BCUT2D eigenvalue weighted by Gasteiger charge is 2.29. The SMILES string of the molecule is Fc1ccc(NCCc2ccc(C(F)(F)F)cc2)cc1F. The van der Waals surface area contributed by atoms with Gasteiger partial charge in [-0.25, -0.2) is 8.78 Å². The molecule has 0 aliphatic heterocycles. The van der Waals surface area contributed by atoms with Crippen molar-refractivity contribution in [3.8, 4) is 0 Å². The first-order valence-corrected chi connectivity index (χ1v) is 6.21. The maximum Gasteiger partial charge on any atom is 0.416 e. The molecule has 2 rings (SSSR count). The van der Waals surface area contributed by atoms with Crippen molar-refractivity contribution in [2.45, 2.75) is 12.6 Å². The zero-order valence-electron chi connectivity index (χ0n) is 10.8. The van der Waals surface area contributed by atoms with Gasteiger partial charge in [0.25, 0.3) is 0 Å². The predicted molar refractivity (Wildman–Crippen MR) is 70.0 cm³/mol. The van der Waals surface area contributed by atoms with Crippen LogP contribution < -0.4 is 5.32 Å². The molecule has 2 aromatic rings. The Hall–Kier alpha value is -2.11. The number of anilines is 1. The highest BCUT2D eigenvalue weighted by molar-refractivity contribution is 5.43. The Kier molecular flexibility index (Phi) is 4.45. The van der Waals surface area contributed by atoms with Gasteiger partial charge in [-0.1, -0.05) is 12.1 Å². The smallest absolute Gasteiger partial charge is 0.385 e. The fourth-order valence-corrected chi connectivity index (χ4v) is 1.82. The fraction of sp³-hybridized carbons (Fsp3) is 0.200. The maximum atomic E-state index is 13.0. The van der Waals surface area contributed by atoms with Crippen molar-refractivity contribution in [3.63, 3.8) is 0 Å². The van der Waals surface area contributed by atoms with Crippen LogP contribution in [0, 0.1) is 11.6 Å². The van der Waals surface area contributed by atoms with Crippen LogP contribution in [0.3, 0.4) is 0 Å². The Morgan fingerprint density at radius 1 is 0.857 bits per heavy atom. The second kappa shape index (κ2) is 6.11. The van der Waals surface area contributed by atoms with E-state index in [4.69, 9.17) is 0 Å². The minimum absolute atomic E-state index is 0.399. The Morgan fingerprint density at radius 3 is 2.10 bits per heavy atom. The number of halogens is 5. The molecular weight excluding hydrogens is 289 g/mol. The molecule has 0 spiro atoms. The molecule has 1 nitrogen and oxygen atoms in total. The first kappa shape index (κ1) is 15.3. The molecule has 112 valence electrons. The lowest BCUT2D eigenvalue weighted by Crippen LogP contribution is -2.07. The average molecular weight is 301 g/mol. The first-order valence-electron chi connectivity index (χ1n) is 6.21. The van der Waals surface area contributed by atoms with Gasteiger partial charge in [0.15, 0.2) is 11.6 Å². The molecule has 0 atom stereocenters. The lowest BCUT2D eigenvalue weighted by atomic mass is 10.1. The molecule has 0 aliphatic rings. The van der Waals surface area contributed by atoms with Crippen LogP contribution in [0.25, 0.3) is 0 Å². The van der Waals surface area contributed by atoms with Crippen LogP contribution >= 0.6 is 0 Å². The summed E-state index contributed by atoms with van der Waals surface area (Å²) in [6.07, 6.45) is -3.88. The van der Waals surface area contributed by atoms with Crippen LogP contribution in [0.4, 0.5) is 27.6 Å². The van der Waals surface area contributed by atoms with Crippen molar-refractivity contribution in [2.75, 3.05) is 11.9 Å². The number of hydrogen-bond donors (Lipinski definition) is 1. The van der Waals surface area contributed by atoms with E-state index in [1.165, 1.54) is 18.2 Å². The average Bonchev–Trinajstić information content (AvgIpc) is 2.42. The lowest BCUT2D eigenvalue weighted by molar-refractivity contribution is -0.137. The van der Waals surface area contributed by atoms with Crippen molar-refractivity contribution < 1.29 is 22.0 Å². The number of nitrogens with one attached hydrogen (secondary N) is 1. The monoisotopic (exact) mass is 301 g/mol. The van der Waals surface area contributed by atoms with Crippen LogP contribution in [-0.2, 0) is 12.6 Å². The fourth-order valence-electron chi connectivity index (χ4n) is 1.82. The van der Waals surface area contributed by atoms with E-state index in [0.29, 0.717) is 18.7 Å². The molecule has 21 heavy (non-hydrogen) atoms. The predicted octanol–water partition coefficient (Wildman–Crippen LogP) is 4.64. The van der Waals surface area contributed by atoms with E-state index in [-0.39, 0.29) is 0 Å². The summed E-state index contributed by atoms with van der Waals surface area (Å²) in [6.45, 7) is 0.399. The topological polar surface area (TPSA) is 12.0 Å². The van der Waals surface area contributed by atoms with Gasteiger partial charge in [0.05, 0.1) is 5.56 Å². The molecule has 0 unspecified atom stereocenters. The molecule has 0 amide bonds. The van der Waals surface area contributed by atoms with Crippen molar-refractivity contribution in [1.82, 2.24) is 0 Å². The highest BCUT2D eigenvalue weighted by Crippen LogP contribution is 2.29. The van der Waals surface area contributed by atoms with Crippen molar-refractivity contribution in [1.29, 1.82) is 0 Å². The Bertz CT molecular complexity index is 604. The molecule has 0 aliphatic carbocycles. The summed E-state index contributed by atoms with van der Waals surface area (Å²) in [6, 6.07) is 8.27. The van der Waals surface area contributed by atoms with Gasteiger partial charge < -0.3 is 5.32 Å². The van der Waals surface area contributed by atoms with Gasteiger partial charge in [0, 0.05) is 12.2 Å². The van der Waals surface area contributed by atoms with E-state index in [1.54, 1.807) is 0 Å². The third kappa shape index (κ3) is 4.18. The molecule has 0 radical (unpaired) electrons. The van der Waals surface area contributed by atoms with Gasteiger partial charge in [-0.15, -0.1) is 0 Å². The molecule has 0 bridgehead atoms. The summed E-state index contributed by atoms with van der Waals surface area (Å²) in [7, 11) is 0. The molecule has 0 fully saturated rings. The normalized spacial score (nSPS) is 11.5. The molecule has 0 aromatic heterocycles. The second-order valence-corrected chi connectivity index (χ2v) is 4.50. The quantitative estimate of drug-likeness (QED) is 0.811. The van der Waals surface area contributed by atoms with E-state index in [2.05, 4.69) is 5.32 Å². The van der Waals surface area contributed by atoms with Gasteiger partial charge in [0.2, 0.25) is 0 Å². The molecule has 6 heteroatoms. The zero-order chi connectivity index (χ0) is 15.5. The zero-order valence-corrected chi connectivity index (χ0v) is 10.8. The van der Waals surface area contributed by atoms with E-state index >= 15 is 0 Å². The Labute approximate surface area is 118 Å². The van der Waals surface area contributed by atoms with Gasteiger partial charge in [-0.2, -0.15) is 13.2 Å². The van der Waals surface area contributed by atoms with Crippen LogP contribution in [0.1, 0.15) is 11.1 Å². The third-order valence-corrected chi connectivity index (χ3v) is 2.94. The summed E-state index contributed by atoms with van der Waals surface area (Å²) >= 11 is 0. The van der Waals surface area contributed by atoms with Gasteiger partial charge in [0.1, 0.15) is 0 Å². The van der Waals surface area contributed by atoms with Crippen LogP contribution in [0.5, 0.6) is 0 Å². The van der Waals surface area contributed by atoms with Gasteiger partial charge >= 0.3 is 6.18 Å². The molecule has 0 saturated carbocycles. The molecule has 1 N–H and O–H groups in total. The standard InChI is InChI=1S/C15H12F5N/c16-13-6-5-12(9-14(13)17)21-8-7-10-1-3-11(4-2-10)15(18,19)20/h1-6,9,21H,7-8H2. The number of hydrogen-bond acceptors (Lipinski definition) is 1. The molecule has 2 aromatic carbocycles. The van der Waals surface area contributed by atoms with Crippen LogP contribution in [0.15, 0.2) is 42.5 Å². The molecule has 0 saturated heterocycles. The summed E-state index contributed by atoms with van der Waals surface area (Å²) in [5.41, 5.74) is 0.443. The van der Waals surface area contributed by atoms with E-state index < -0.39 is 23.4 Å². The summed E-state index contributed by atoms with van der Waals surface area (Å²) in [5.74, 6) is -1.88. The third-order valence-electron chi connectivity index (χ3n) is 2.94. The summed E-state index contributed by atoms with van der Waals surface area (Å²) in [5, 5.41) is 2.88. The largest absolute Gasteiger partial charge is 0.416 e. The van der Waals surface area contributed by atoms with Gasteiger partial charge in [-0.05, 0) is 42.3 Å². The highest BCUT2D eigenvalue weighted by atomic mass is 19.4. The summed E-state index contributed by atoms with van der Waals surface area (Å²) in [4.78, 5) is 0. The van der Waals surface area contributed by atoms with E-state index in [0.717, 1.165) is 29.8 Å². The van der Waals surface area contributed by atoms with Crippen molar-refractivity contribution in [3.05, 3.63) is 65.2 Å². The number of rotatable bonds is 4. The van der Waals surface area contributed by atoms with Crippen molar-refractivity contribution in [2.24, 2.45) is 0 Å². The Morgan fingerprint density at radius 2 is 1.52 bits per heavy atom. The maximum absolute atomic E-state index is 13.0. The van der Waals surface area contributed by atoms with Gasteiger partial charge in [-0.3, -0.25) is 0 Å². The number of benzene rings is 2. The minimum Gasteiger partial charge on any atom is -0.385 e. The van der Waals surface area contributed by atoms with E-state index in [1.807, 2.05) is 0 Å². The lowest BCUT2D eigenvalue weighted by Gasteiger charge is -2.09. The van der Waals surface area contributed by atoms with E-state index in [9.17, 15) is 22.0 Å². The Balaban J connectivity index is 1.90. The minimum atomic E-state index is -4.34. The molecular formula is C15H12F5N. The second-order valence-electron chi connectivity index (χ2n) is 4.50.